The molecular formula is C32H40N2O. The van der Waals surface area contributed by atoms with Gasteiger partial charge < -0.3 is 9.64 Å². The molecule has 2 saturated carbocycles. The van der Waals surface area contributed by atoms with Crippen LogP contribution in [0.15, 0.2) is 60.0 Å². The first-order valence-electron chi connectivity index (χ1n) is 14.0. The molecule has 1 aromatic heterocycles. The van der Waals surface area contributed by atoms with Gasteiger partial charge in [-0.05, 0) is 124 Å². The highest BCUT2D eigenvalue weighted by atomic mass is 16.5. The predicted molar refractivity (Wildman–Crippen MR) is 142 cm³/mol. The molecule has 2 bridgehead atoms. The average Bonchev–Trinajstić information content (AvgIpc) is 3.38. The zero-order chi connectivity index (χ0) is 24.0. The molecule has 0 N–H and O–H groups in total. The topological polar surface area (TPSA) is 25.4 Å². The van der Waals surface area contributed by atoms with E-state index in [2.05, 4.69) is 74.1 Å². The third kappa shape index (κ3) is 3.01. The molecule has 6 atom stereocenters. The van der Waals surface area contributed by atoms with Gasteiger partial charge in [-0.1, -0.05) is 31.2 Å². The summed E-state index contributed by atoms with van der Waals surface area (Å²) in [5.74, 6) is 1.19. The quantitative estimate of drug-likeness (QED) is 0.477. The Balaban J connectivity index is 1.25. The zero-order valence-corrected chi connectivity index (χ0v) is 21.9. The number of aromatic nitrogens is 1. The molecule has 2 spiro atoms. The van der Waals surface area contributed by atoms with Crippen molar-refractivity contribution in [1.29, 1.82) is 0 Å². The van der Waals surface area contributed by atoms with Crippen molar-refractivity contribution in [1.82, 2.24) is 9.88 Å². The third-order valence-corrected chi connectivity index (χ3v) is 11.1. The maximum Gasteiger partial charge on any atom is 0.0974 e. The third-order valence-electron chi connectivity index (χ3n) is 11.1. The molecule has 1 saturated heterocycles. The van der Waals surface area contributed by atoms with Gasteiger partial charge in [-0.25, -0.2) is 0 Å². The van der Waals surface area contributed by atoms with Crippen LogP contribution < -0.4 is 0 Å². The van der Waals surface area contributed by atoms with Crippen molar-refractivity contribution in [2.24, 2.45) is 11.3 Å². The molecule has 0 unspecified atom stereocenters. The molecule has 7 rings (SSSR count). The first-order valence-corrected chi connectivity index (χ1v) is 14.0. The Morgan fingerprint density at radius 3 is 2.83 bits per heavy atom. The number of fused-ring (bicyclic) bond motifs is 2. The lowest BCUT2D eigenvalue weighted by Gasteiger charge is -2.55. The lowest BCUT2D eigenvalue weighted by Crippen LogP contribution is -2.55. The molecule has 3 heteroatoms. The predicted octanol–water partition coefficient (Wildman–Crippen LogP) is 7.19. The van der Waals surface area contributed by atoms with E-state index in [1.165, 1.54) is 73.3 Å². The van der Waals surface area contributed by atoms with Crippen LogP contribution >= 0.6 is 0 Å². The molecule has 0 amide bonds. The minimum absolute atomic E-state index is 0.0195. The Morgan fingerprint density at radius 1 is 1.09 bits per heavy atom. The molecule has 3 heterocycles. The molecular weight excluding hydrogens is 428 g/mol. The van der Waals surface area contributed by atoms with Crippen molar-refractivity contribution in [3.8, 4) is 0 Å². The lowest BCUT2D eigenvalue weighted by molar-refractivity contribution is -0.141. The summed E-state index contributed by atoms with van der Waals surface area (Å²) in [6.45, 7) is 7.24. The number of pyridine rings is 1. The molecule has 184 valence electrons. The Labute approximate surface area is 210 Å². The number of allylic oxidation sites excluding steroid dienone is 1. The van der Waals surface area contributed by atoms with Gasteiger partial charge in [-0.3, -0.25) is 4.98 Å². The second kappa shape index (κ2) is 7.52. The van der Waals surface area contributed by atoms with Gasteiger partial charge in [0.25, 0.3) is 0 Å². The Bertz CT molecular complexity index is 1250. The van der Waals surface area contributed by atoms with E-state index < -0.39 is 0 Å². The van der Waals surface area contributed by atoms with Crippen LogP contribution in [0.25, 0.3) is 10.8 Å². The highest BCUT2D eigenvalue weighted by Gasteiger charge is 2.66. The highest BCUT2D eigenvalue weighted by Crippen LogP contribution is 2.69. The minimum atomic E-state index is -0.0675. The SMILES string of the molecule is CC(C)N(C)[C@H]1CCC2=CC3=CC[C@]4(C)[C@@H](c5ccc6ccncc6c5)CC[C@H]4[C@@]34CC[C@]2(C1)O4. The molecule has 2 aromatic rings. The van der Waals surface area contributed by atoms with Gasteiger partial charge >= 0.3 is 0 Å². The van der Waals surface area contributed by atoms with Crippen LogP contribution in [0.5, 0.6) is 0 Å². The van der Waals surface area contributed by atoms with E-state index in [4.69, 9.17) is 4.74 Å². The molecule has 2 aliphatic heterocycles. The number of nitrogens with zero attached hydrogens (tertiary/aromatic N) is 2. The van der Waals surface area contributed by atoms with Crippen molar-refractivity contribution < 1.29 is 4.74 Å². The van der Waals surface area contributed by atoms with Crippen LogP contribution in [0.2, 0.25) is 0 Å². The normalized spacial score (nSPS) is 39.9. The summed E-state index contributed by atoms with van der Waals surface area (Å²) in [7, 11) is 2.32. The largest absolute Gasteiger partial charge is 0.359 e. The van der Waals surface area contributed by atoms with Gasteiger partial charge in [0.2, 0.25) is 0 Å². The Kier molecular flexibility index (Phi) is 4.78. The number of benzene rings is 1. The van der Waals surface area contributed by atoms with Crippen LogP contribution in [0.3, 0.4) is 0 Å². The van der Waals surface area contributed by atoms with Crippen molar-refractivity contribution in [2.45, 2.75) is 101 Å². The van der Waals surface area contributed by atoms with Gasteiger partial charge in [0.05, 0.1) is 11.2 Å². The van der Waals surface area contributed by atoms with Crippen molar-refractivity contribution in [3.05, 3.63) is 65.5 Å². The van der Waals surface area contributed by atoms with Gasteiger partial charge in [-0.2, -0.15) is 0 Å². The summed E-state index contributed by atoms with van der Waals surface area (Å²) in [6.07, 6.45) is 18.9. The summed E-state index contributed by atoms with van der Waals surface area (Å²) in [4.78, 5) is 6.98. The standard InChI is InChI=1S/C32H40N2O/c1-21(2)34(4)27-8-7-25-18-26-11-13-30(3)28(23-6-5-22-12-16-33-20-24(22)17-23)9-10-29(30)32(26)15-14-31(25,19-27)35-32/h5-6,11-12,16-18,20-21,27-29H,7-10,13-15,19H2,1-4H3/t27-,28+,29+,30+,31+,32+/m0/s1. The highest BCUT2D eigenvalue weighted by molar-refractivity contribution is 5.82. The number of hydrogen-bond donors (Lipinski definition) is 0. The molecule has 3 nitrogen and oxygen atoms in total. The van der Waals surface area contributed by atoms with Gasteiger partial charge in [0.1, 0.15) is 0 Å². The second-order valence-corrected chi connectivity index (χ2v) is 12.8. The van der Waals surface area contributed by atoms with Crippen LogP contribution in [0, 0.1) is 11.3 Å². The van der Waals surface area contributed by atoms with E-state index >= 15 is 0 Å². The Hall–Kier alpha value is -1.97. The van der Waals surface area contributed by atoms with Gasteiger partial charge in [-0.15, -0.1) is 0 Å². The first-order chi connectivity index (χ1) is 16.8. The van der Waals surface area contributed by atoms with E-state index in [-0.39, 0.29) is 16.6 Å². The van der Waals surface area contributed by atoms with Crippen molar-refractivity contribution >= 4 is 10.8 Å². The van der Waals surface area contributed by atoms with Crippen LogP contribution in [0.4, 0.5) is 0 Å². The van der Waals surface area contributed by atoms with E-state index in [9.17, 15) is 0 Å². The van der Waals surface area contributed by atoms with Crippen LogP contribution in [-0.2, 0) is 4.74 Å². The van der Waals surface area contributed by atoms with E-state index in [1.54, 1.807) is 5.57 Å². The summed E-state index contributed by atoms with van der Waals surface area (Å²) in [5.41, 5.74) is 4.79. The smallest absolute Gasteiger partial charge is 0.0974 e. The van der Waals surface area contributed by atoms with Crippen molar-refractivity contribution in [2.75, 3.05) is 7.05 Å². The number of hydrogen-bond acceptors (Lipinski definition) is 3. The Morgan fingerprint density at radius 2 is 1.97 bits per heavy atom. The number of rotatable bonds is 3. The molecule has 3 aliphatic carbocycles. The van der Waals surface area contributed by atoms with E-state index in [1.807, 2.05) is 12.4 Å². The minimum Gasteiger partial charge on any atom is -0.359 e. The van der Waals surface area contributed by atoms with Crippen LogP contribution in [0.1, 0.15) is 83.6 Å². The van der Waals surface area contributed by atoms with Gasteiger partial charge in [0.15, 0.2) is 0 Å². The molecule has 3 fully saturated rings. The molecule has 1 aromatic carbocycles. The lowest BCUT2D eigenvalue weighted by atomic mass is 9.58. The fourth-order valence-corrected chi connectivity index (χ4v) is 9.02. The fraction of sp³-hybridized carbons (Fsp3) is 0.594. The molecule has 0 radical (unpaired) electrons. The zero-order valence-electron chi connectivity index (χ0n) is 21.9. The maximum absolute atomic E-state index is 7.50. The summed E-state index contributed by atoms with van der Waals surface area (Å²) in [6, 6.07) is 10.4. The van der Waals surface area contributed by atoms with Crippen molar-refractivity contribution in [3.63, 3.8) is 0 Å². The summed E-state index contributed by atoms with van der Waals surface area (Å²) in [5, 5.41) is 2.56. The molecule has 35 heavy (non-hydrogen) atoms. The number of ether oxygens (including phenoxy) is 1. The van der Waals surface area contributed by atoms with Gasteiger partial charge in [0, 0.05) is 29.9 Å². The second-order valence-electron chi connectivity index (χ2n) is 12.8. The molecule has 5 aliphatic rings. The van der Waals surface area contributed by atoms with Crippen LogP contribution in [-0.4, -0.2) is 40.2 Å². The fourth-order valence-electron chi connectivity index (χ4n) is 9.02. The van der Waals surface area contributed by atoms with E-state index in [0.717, 1.165) is 0 Å². The monoisotopic (exact) mass is 468 g/mol. The first kappa shape index (κ1) is 22.2. The summed E-state index contributed by atoms with van der Waals surface area (Å²) >= 11 is 0. The maximum atomic E-state index is 7.50. The summed E-state index contributed by atoms with van der Waals surface area (Å²) < 4.78 is 7.50. The van der Waals surface area contributed by atoms with E-state index in [0.29, 0.717) is 23.9 Å². The average molecular weight is 469 g/mol.